The molecular weight excluding hydrogens is 211 g/mol. The van der Waals surface area contributed by atoms with Gasteiger partial charge in [-0.1, -0.05) is 6.92 Å². The number of hydrogen-bond donors (Lipinski definition) is 1. The largest absolute Gasteiger partial charge is 0.390 e. The minimum absolute atomic E-state index is 0.248. The van der Waals surface area contributed by atoms with Crippen molar-refractivity contribution in [2.45, 2.75) is 50.2 Å². The van der Waals surface area contributed by atoms with Crippen LogP contribution in [-0.4, -0.2) is 29.3 Å². The van der Waals surface area contributed by atoms with Crippen molar-refractivity contribution in [1.29, 1.82) is 0 Å². The fraction of sp³-hybridized carbons (Fsp3) is 1.00. The third-order valence-corrected chi connectivity index (χ3v) is 3.74. The monoisotopic (exact) mass is 227 g/mol. The van der Waals surface area contributed by atoms with Crippen LogP contribution in [0.3, 0.4) is 0 Å². The van der Waals surface area contributed by atoms with Gasteiger partial charge < -0.3 is 5.32 Å². The summed E-state index contributed by atoms with van der Waals surface area (Å²) in [5, 5.41) is 3.48. The molecule has 1 fully saturated rings. The number of thioether (sulfide) groups is 1. The van der Waals surface area contributed by atoms with Gasteiger partial charge in [0.15, 0.2) is 0 Å². The minimum Gasteiger partial charge on any atom is -0.310 e. The fourth-order valence-corrected chi connectivity index (χ4v) is 2.93. The lowest BCUT2D eigenvalue weighted by atomic mass is 10.1. The molecule has 3 atom stereocenters. The number of alkyl halides is 3. The molecule has 1 aliphatic heterocycles. The number of nitrogens with one attached hydrogen (secondary N) is 1. The third kappa shape index (κ3) is 4.09. The zero-order valence-corrected chi connectivity index (χ0v) is 9.21. The first-order chi connectivity index (χ1) is 6.38. The highest BCUT2D eigenvalue weighted by atomic mass is 32.2. The third-order valence-electron chi connectivity index (χ3n) is 2.41. The van der Waals surface area contributed by atoms with Gasteiger partial charge in [-0.15, -0.1) is 0 Å². The van der Waals surface area contributed by atoms with E-state index >= 15 is 0 Å². The highest BCUT2D eigenvalue weighted by molar-refractivity contribution is 8.00. The molecular formula is C9H16F3NS. The summed E-state index contributed by atoms with van der Waals surface area (Å²) in [4.78, 5) is 0. The first-order valence-electron chi connectivity index (χ1n) is 4.83. The molecule has 0 aromatic rings. The van der Waals surface area contributed by atoms with Crippen molar-refractivity contribution in [1.82, 2.24) is 5.32 Å². The molecule has 0 amide bonds. The molecule has 14 heavy (non-hydrogen) atoms. The normalized spacial score (nSPS) is 30.6. The Bertz CT molecular complexity index is 183. The summed E-state index contributed by atoms with van der Waals surface area (Å²) in [6.07, 6.45) is -3.81. The van der Waals surface area contributed by atoms with Crippen LogP contribution in [0, 0.1) is 0 Å². The van der Waals surface area contributed by atoms with E-state index in [1.165, 1.54) is 0 Å². The van der Waals surface area contributed by atoms with Crippen LogP contribution in [0.2, 0.25) is 0 Å². The van der Waals surface area contributed by atoms with E-state index < -0.39 is 18.6 Å². The van der Waals surface area contributed by atoms with Crippen molar-refractivity contribution in [3.63, 3.8) is 0 Å². The van der Waals surface area contributed by atoms with Gasteiger partial charge in [-0.2, -0.15) is 24.9 Å². The van der Waals surface area contributed by atoms with Gasteiger partial charge in [0.25, 0.3) is 0 Å². The van der Waals surface area contributed by atoms with Gasteiger partial charge in [0.05, 0.1) is 6.42 Å². The van der Waals surface area contributed by atoms with Crippen molar-refractivity contribution >= 4 is 11.8 Å². The predicted molar refractivity (Wildman–Crippen MR) is 53.6 cm³/mol. The molecule has 3 unspecified atom stereocenters. The van der Waals surface area contributed by atoms with Crippen LogP contribution >= 0.6 is 11.8 Å². The summed E-state index contributed by atoms with van der Waals surface area (Å²) in [6.45, 7) is 3.67. The predicted octanol–water partition coefficient (Wildman–Crippen LogP) is 2.81. The topological polar surface area (TPSA) is 12.0 Å². The smallest absolute Gasteiger partial charge is 0.310 e. The molecule has 0 aromatic carbocycles. The molecule has 0 aromatic heterocycles. The second-order valence-electron chi connectivity index (χ2n) is 3.86. The average molecular weight is 227 g/mol. The summed E-state index contributed by atoms with van der Waals surface area (Å²) in [6, 6.07) is -0.224. The Hall–Kier alpha value is 0.100. The molecule has 1 saturated heterocycles. The van der Waals surface area contributed by atoms with E-state index in [1.54, 1.807) is 6.92 Å². The highest BCUT2D eigenvalue weighted by Crippen LogP contribution is 2.28. The zero-order chi connectivity index (χ0) is 10.8. The Morgan fingerprint density at radius 1 is 1.50 bits per heavy atom. The summed E-state index contributed by atoms with van der Waals surface area (Å²) in [5.41, 5.74) is 0. The Kier molecular flexibility index (Phi) is 4.13. The number of rotatable bonds is 3. The molecule has 1 nitrogen and oxygen atoms in total. The van der Waals surface area contributed by atoms with Gasteiger partial charge >= 0.3 is 6.18 Å². The Balaban J connectivity index is 2.29. The standard InChI is InChI=1S/C9H16F3NS/c1-6(5-9(10,11)12)13-8-3-4-14-7(8)2/h6-8,13H,3-5H2,1-2H3. The van der Waals surface area contributed by atoms with E-state index in [0.717, 1.165) is 12.2 Å². The lowest BCUT2D eigenvalue weighted by molar-refractivity contribution is -0.139. The number of halogens is 3. The van der Waals surface area contributed by atoms with Crippen LogP contribution in [0.1, 0.15) is 26.7 Å². The van der Waals surface area contributed by atoms with E-state index in [9.17, 15) is 13.2 Å². The first-order valence-corrected chi connectivity index (χ1v) is 5.88. The second kappa shape index (κ2) is 4.75. The van der Waals surface area contributed by atoms with E-state index in [4.69, 9.17) is 0 Å². The van der Waals surface area contributed by atoms with Crippen LogP contribution in [0.5, 0.6) is 0 Å². The maximum absolute atomic E-state index is 12.0. The SMILES string of the molecule is CC(CC(F)(F)F)NC1CCSC1C. The second-order valence-corrected chi connectivity index (χ2v) is 5.34. The van der Waals surface area contributed by atoms with Gasteiger partial charge in [-0.25, -0.2) is 0 Å². The Labute approximate surface area is 86.8 Å². The van der Waals surface area contributed by atoms with Gasteiger partial charge in [-0.3, -0.25) is 0 Å². The van der Waals surface area contributed by atoms with E-state index in [-0.39, 0.29) is 6.04 Å². The van der Waals surface area contributed by atoms with Gasteiger partial charge in [-0.05, 0) is 19.1 Å². The molecule has 84 valence electrons. The molecule has 1 aliphatic rings. The van der Waals surface area contributed by atoms with Crippen molar-refractivity contribution in [3.05, 3.63) is 0 Å². The number of hydrogen-bond acceptors (Lipinski definition) is 2. The van der Waals surface area contributed by atoms with Gasteiger partial charge in [0.2, 0.25) is 0 Å². The summed E-state index contributed by atoms with van der Waals surface area (Å²) in [5.74, 6) is 1.05. The van der Waals surface area contributed by atoms with Crippen LogP contribution in [0.25, 0.3) is 0 Å². The zero-order valence-electron chi connectivity index (χ0n) is 8.40. The van der Waals surface area contributed by atoms with Gasteiger partial charge in [0.1, 0.15) is 0 Å². The molecule has 1 N–H and O–H groups in total. The van der Waals surface area contributed by atoms with Crippen molar-refractivity contribution in [2.24, 2.45) is 0 Å². The lowest BCUT2D eigenvalue weighted by Gasteiger charge is -2.22. The van der Waals surface area contributed by atoms with Crippen LogP contribution < -0.4 is 5.32 Å². The molecule has 5 heteroatoms. The highest BCUT2D eigenvalue weighted by Gasteiger charge is 2.32. The van der Waals surface area contributed by atoms with Crippen molar-refractivity contribution in [2.75, 3.05) is 5.75 Å². The average Bonchev–Trinajstić information content (AvgIpc) is 2.32. The molecule has 0 saturated carbocycles. The van der Waals surface area contributed by atoms with Crippen LogP contribution in [0.15, 0.2) is 0 Å². The van der Waals surface area contributed by atoms with Crippen LogP contribution in [-0.2, 0) is 0 Å². The molecule has 0 aliphatic carbocycles. The minimum atomic E-state index is -4.05. The molecule has 1 heterocycles. The van der Waals surface area contributed by atoms with E-state index in [0.29, 0.717) is 5.25 Å². The van der Waals surface area contributed by atoms with E-state index in [1.807, 2.05) is 11.8 Å². The van der Waals surface area contributed by atoms with Gasteiger partial charge in [0, 0.05) is 17.3 Å². The Morgan fingerprint density at radius 3 is 2.57 bits per heavy atom. The van der Waals surface area contributed by atoms with Crippen LogP contribution in [0.4, 0.5) is 13.2 Å². The Morgan fingerprint density at radius 2 is 2.14 bits per heavy atom. The van der Waals surface area contributed by atoms with Crippen molar-refractivity contribution < 1.29 is 13.2 Å². The molecule has 0 bridgehead atoms. The summed E-state index contributed by atoms with van der Waals surface area (Å²) in [7, 11) is 0. The quantitative estimate of drug-likeness (QED) is 0.795. The maximum Gasteiger partial charge on any atom is 0.390 e. The molecule has 1 rings (SSSR count). The maximum atomic E-state index is 12.0. The molecule has 0 spiro atoms. The lowest BCUT2D eigenvalue weighted by Crippen LogP contribution is -2.41. The van der Waals surface area contributed by atoms with Crippen molar-refractivity contribution in [3.8, 4) is 0 Å². The molecule has 0 radical (unpaired) electrons. The first kappa shape index (κ1) is 12.2. The van der Waals surface area contributed by atoms with E-state index in [2.05, 4.69) is 12.2 Å². The summed E-state index contributed by atoms with van der Waals surface area (Å²) < 4.78 is 36.1. The summed E-state index contributed by atoms with van der Waals surface area (Å²) >= 11 is 1.82. The fourth-order valence-electron chi connectivity index (χ4n) is 1.72.